The van der Waals surface area contributed by atoms with E-state index in [9.17, 15) is 0 Å². The van der Waals surface area contributed by atoms with Gasteiger partial charge >= 0.3 is 0 Å². The molecule has 0 aliphatic carbocycles. The summed E-state index contributed by atoms with van der Waals surface area (Å²) >= 11 is 1.68. The molecule has 0 unspecified atom stereocenters. The lowest BCUT2D eigenvalue weighted by molar-refractivity contribution is 0.299. The van der Waals surface area contributed by atoms with Crippen molar-refractivity contribution in [2.75, 3.05) is 12.9 Å². The lowest BCUT2D eigenvalue weighted by atomic mass is 10.1. The summed E-state index contributed by atoms with van der Waals surface area (Å²) in [6, 6.07) is 16.0. The van der Waals surface area contributed by atoms with Crippen molar-refractivity contribution in [1.29, 1.82) is 0 Å². The normalized spacial score (nSPS) is 9.81. The third-order valence-corrected chi connectivity index (χ3v) is 3.64. The van der Waals surface area contributed by atoms with Gasteiger partial charge in [-0.3, -0.25) is 0 Å². The van der Waals surface area contributed by atoms with Crippen LogP contribution in [-0.2, 0) is 6.61 Å². The van der Waals surface area contributed by atoms with Gasteiger partial charge in [0.25, 0.3) is 0 Å². The molecule has 0 saturated carbocycles. The van der Waals surface area contributed by atoms with E-state index in [0.29, 0.717) is 13.0 Å². The second kappa shape index (κ2) is 8.41. The van der Waals surface area contributed by atoms with Gasteiger partial charge in [0.05, 0.1) is 6.61 Å². The van der Waals surface area contributed by atoms with E-state index in [4.69, 9.17) is 9.84 Å². The van der Waals surface area contributed by atoms with Crippen LogP contribution in [0.2, 0.25) is 0 Å². The van der Waals surface area contributed by atoms with Crippen molar-refractivity contribution >= 4 is 11.8 Å². The summed E-state index contributed by atoms with van der Waals surface area (Å²) in [6.07, 6.45) is 2.54. The van der Waals surface area contributed by atoms with Gasteiger partial charge in [-0.25, -0.2) is 0 Å². The van der Waals surface area contributed by atoms with Gasteiger partial charge in [-0.1, -0.05) is 36.1 Å². The summed E-state index contributed by atoms with van der Waals surface area (Å²) < 4.78 is 5.89. The smallest absolute Gasteiger partial charge is 0.133 e. The first-order chi connectivity index (χ1) is 10.3. The molecule has 21 heavy (non-hydrogen) atoms. The molecule has 1 N–H and O–H groups in total. The van der Waals surface area contributed by atoms with Crippen molar-refractivity contribution < 1.29 is 9.84 Å². The first-order valence-corrected chi connectivity index (χ1v) is 8.00. The summed E-state index contributed by atoms with van der Waals surface area (Å²) in [5, 5.41) is 8.73. The number of hydrogen-bond acceptors (Lipinski definition) is 3. The van der Waals surface area contributed by atoms with E-state index in [1.165, 1.54) is 0 Å². The molecule has 0 saturated heterocycles. The zero-order valence-electron chi connectivity index (χ0n) is 12.0. The Hall–Kier alpha value is -1.89. The highest BCUT2D eigenvalue weighted by molar-refractivity contribution is 7.98. The zero-order valence-corrected chi connectivity index (χ0v) is 12.8. The SMILES string of the molecule is CSc1ccccc1OCc1cccc(C#CCCO)c1. The minimum absolute atomic E-state index is 0.0985. The number of thioether (sulfide) groups is 1. The molecule has 0 bridgehead atoms. The van der Waals surface area contributed by atoms with Crippen LogP contribution in [0.25, 0.3) is 0 Å². The van der Waals surface area contributed by atoms with E-state index in [2.05, 4.69) is 17.9 Å². The van der Waals surface area contributed by atoms with Crippen LogP contribution in [-0.4, -0.2) is 18.0 Å². The van der Waals surface area contributed by atoms with Gasteiger partial charge in [-0.15, -0.1) is 11.8 Å². The molecule has 0 heterocycles. The summed E-state index contributed by atoms with van der Waals surface area (Å²) in [7, 11) is 0. The van der Waals surface area contributed by atoms with E-state index in [1.54, 1.807) is 11.8 Å². The van der Waals surface area contributed by atoms with E-state index in [1.807, 2.05) is 48.7 Å². The summed E-state index contributed by atoms with van der Waals surface area (Å²) in [4.78, 5) is 1.14. The molecule has 2 aromatic rings. The van der Waals surface area contributed by atoms with Gasteiger partial charge in [-0.2, -0.15) is 0 Å². The molecule has 2 rings (SSSR count). The van der Waals surface area contributed by atoms with Gasteiger partial charge in [0.2, 0.25) is 0 Å². The maximum absolute atomic E-state index is 8.73. The van der Waals surface area contributed by atoms with E-state index in [-0.39, 0.29) is 6.61 Å². The lowest BCUT2D eigenvalue weighted by Crippen LogP contribution is -1.96. The third-order valence-electron chi connectivity index (χ3n) is 2.86. The highest BCUT2D eigenvalue weighted by Crippen LogP contribution is 2.27. The Morgan fingerprint density at radius 1 is 1.14 bits per heavy atom. The number of aliphatic hydroxyl groups excluding tert-OH is 1. The number of para-hydroxylation sites is 1. The molecule has 0 spiro atoms. The molecule has 0 fully saturated rings. The fraction of sp³-hybridized carbons (Fsp3) is 0.222. The monoisotopic (exact) mass is 298 g/mol. The number of hydrogen-bond donors (Lipinski definition) is 1. The molecule has 0 aliphatic rings. The number of benzene rings is 2. The first kappa shape index (κ1) is 15.5. The molecule has 0 amide bonds. The highest BCUT2D eigenvalue weighted by atomic mass is 32.2. The summed E-state index contributed by atoms with van der Waals surface area (Å²) in [6.45, 7) is 0.619. The van der Waals surface area contributed by atoms with Crippen LogP contribution in [0.5, 0.6) is 5.75 Å². The fourth-order valence-electron chi connectivity index (χ4n) is 1.86. The summed E-state index contributed by atoms with van der Waals surface area (Å²) in [5.74, 6) is 6.87. The van der Waals surface area contributed by atoms with Crippen molar-refractivity contribution in [3.05, 3.63) is 59.7 Å². The first-order valence-electron chi connectivity index (χ1n) is 6.78. The molecule has 0 radical (unpaired) electrons. The largest absolute Gasteiger partial charge is 0.488 e. The Labute approximate surface area is 130 Å². The third kappa shape index (κ3) is 4.86. The summed E-state index contributed by atoms with van der Waals surface area (Å²) in [5.41, 5.74) is 2.03. The maximum Gasteiger partial charge on any atom is 0.133 e. The van der Waals surface area contributed by atoms with Gasteiger partial charge in [0, 0.05) is 16.9 Å². The van der Waals surface area contributed by atoms with Crippen molar-refractivity contribution in [2.24, 2.45) is 0 Å². The van der Waals surface area contributed by atoms with Crippen LogP contribution in [0.4, 0.5) is 0 Å². The molecule has 2 nitrogen and oxygen atoms in total. The van der Waals surface area contributed by atoms with Gasteiger partial charge < -0.3 is 9.84 Å². The van der Waals surface area contributed by atoms with Crippen molar-refractivity contribution in [1.82, 2.24) is 0 Å². The Balaban J connectivity index is 2.03. The molecular weight excluding hydrogens is 280 g/mol. The maximum atomic E-state index is 8.73. The number of ether oxygens (including phenoxy) is 1. The van der Waals surface area contributed by atoms with Gasteiger partial charge in [-0.05, 0) is 36.1 Å². The quantitative estimate of drug-likeness (QED) is 0.674. The Kier molecular flexibility index (Phi) is 6.21. The predicted octanol–water partition coefficient (Wildman–Crippen LogP) is 3.72. The number of aliphatic hydroxyl groups is 1. The molecular formula is C18H18O2S. The fourth-order valence-corrected chi connectivity index (χ4v) is 2.40. The van der Waals surface area contributed by atoms with Gasteiger partial charge in [0.15, 0.2) is 0 Å². The second-order valence-electron chi connectivity index (χ2n) is 4.42. The Bertz CT molecular complexity index is 641. The minimum Gasteiger partial charge on any atom is -0.488 e. The van der Waals surface area contributed by atoms with Crippen LogP contribution in [0, 0.1) is 11.8 Å². The Morgan fingerprint density at radius 2 is 2.00 bits per heavy atom. The lowest BCUT2D eigenvalue weighted by Gasteiger charge is -2.10. The van der Waals surface area contributed by atoms with Crippen molar-refractivity contribution in [2.45, 2.75) is 17.9 Å². The molecule has 0 aromatic heterocycles. The predicted molar refractivity (Wildman–Crippen MR) is 87.6 cm³/mol. The van der Waals surface area contributed by atoms with Crippen LogP contribution >= 0.6 is 11.8 Å². The Morgan fingerprint density at radius 3 is 2.81 bits per heavy atom. The zero-order chi connectivity index (χ0) is 14.9. The molecule has 3 heteroatoms. The highest BCUT2D eigenvalue weighted by Gasteiger charge is 2.02. The van der Waals surface area contributed by atoms with E-state index < -0.39 is 0 Å². The van der Waals surface area contributed by atoms with E-state index in [0.717, 1.165) is 21.8 Å². The second-order valence-corrected chi connectivity index (χ2v) is 5.26. The molecule has 0 atom stereocenters. The van der Waals surface area contributed by atoms with Crippen LogP contribution in [0.3, 0.4) is 0 Å². The topological polar surface area (TPSA) is 29.5 Å². The molecule has 2 aromatic carbocycles. The van der Waals surface area contributed by atoms with E-state index >= 15 is 0 Å². The average Bonchev–Trinajstić information content (AvgIpc) is 2.54. The van der Waals surface area contributed by atoms with Crippen molar-refractivity contribution in [3.63, 3.8) is 0 Å². The molecule has 108 valence electrons. The van der Waals surface area contributed by atoms with Crippen LogP contribution in [0.15, 0.2) is 53.4 Å². The van der Waals surface area contributed by atoms with Gasteiger partial charge in [0.1, 0.15) is 12.4 Å². The standard InChI is InChI=1S/C18H18O2S/c1-21-18-11-3-2-10-17(18)20-14-16-9-6-8-15(13-16)7-4-5-12-19/h2-3,6,8-11,13,19H,5,12,14H2,1H3. The van der Waals surface area contributed by atoms with Crippen LogP contribution < -0.4 is 4.74 Å². The van der Waals surface area contributed by atoms with Crippen molar-refractivity contribution in [3.8, 4) is 17.6 Å². The minimum atomic E-state index is 0.0985. The molecule has 0 aliphatic heterocycles. The number of rotatable bonds is 5. The van der Waals surface area contributed by atoms with Crippen LogP contribution in [0.1, 0.15) is 17.5 Å². The average molecular weight is 298 g/mol.